The van der Waals surface area contributed by atoms with Gasteiger partial charge in [0.05, 0.1) is 13.2 Å². The normalized spacial score (nSPS) is 12.3. The van der Waals surface area contributed by atoms with Gasteiger partial charge in [0.1, 0.15) is 0 Å². The van der Waals surface area contributed by atoms with Crippen LogP contribution in [0.2, 0.25) is 0 Å². The van der Waals surface area contributed by atoms with E-state index in [1.54, 1.807) is 0 Å². The van der Waals surface area contributed by atoms with Crippen LogP contribution >= 0.6 is 0 Å². The first-order valence-electron chi connectivity index (χ1n) is 8.39. The van der Waals surface area contributed by atoms with Crippen LogP contribution in [0.1, 0.15) is 72.1 Å². The average Bonchev–Trinajstić information content (AvgIpc) is 2.53. The molecule has 0 spiro atoms. The summed E-state index contributed by atoms with van der Waals surface area (Å²) in [4.78, 5) is 22.6. The van der Waals surface area contributed by atoms with Gasteiger partial charge in [-0.15, -0.1) is 0 Å². The Morgan fingerprint density at radius 2 is 1.50 bits per heavy atom. The van der Waals surface area contributed by atoms with Crippen molar-refractivity contribution >= 4 is 12.2 Å². The zero-order chi connectivity index (χ0) is 16.6. The molecule has 0 saturated carbocycles. The van der Waals surface area contributed by atoms with Gasteiger partial charge in [-0.3, -0.25) is 0 Å². The maximum Gasteiger partial charge on any atom is 0.452 e. The fourth-order valence-electron chi connectivity index (χ4n) is 1.91. The van der Waals surface area contributed by atoms with E-state index < -0.39 is 12.2 Å². The molecule has 0 aromatic carbocycles. The van der Waals surface area contributed by atoms with E-state index in [1.165, 1.54) is 0 Å². The van der Waals surface area contributed by atoms with Gasteiger partial charge < -0.3 is 9.47 Å². The second-order valence-corrected chi connectivity index (χ2v) is 5.37. The number of hydrogen-bond acceptors (Lipinski definition) is 4. The summed E-state index contributed by atoms with van der Waals surface area (Å²) in [5.41, 5.74) is 0. The average molecular weight is 314 g/mol. The standard InChI is InChI=1S/C16H30N2O4/c1-4-7-9-10-12-21-15(19)17-18-16(20)22-13-14(6-3)11-8-5-2/h14H,4-13H2,1-3H3. The minimum Gasteiger partial charge on any atom is -0.447 e. The van der Waals surface area contributed by atoms with Crippen molar-refractivity contribution in [3.05, 3.63) is 0 Å². The van der Waals surface area contributed by atoms with Crippen LogP contribution in [0.5, 0.6) is 0 Å². The van der Waals surface area contributed by atoms with Crippen LogP contribution in [-0.4, -0.2) is 25.4 Å². The summed E-state index contributed by atoms with van der Waals surface area (Å²) in [7, 11) is 0. The lowest BCUT2D eigenvalue weighted by atomic mass is 10.0. The second kappa shape index (κ2) is 14.5. The number of ether oxygens (including phenoxy) is 2. The zero-order valence-electron chi connectivity index (χ0n) is 14.2. The van der Waals surface area contributed by atoms with Gasteiger partial charge in [-0.1, -0.05) is 69.5 Å². The Kier molecular flexibility index (Phi) is 13.5. The predicted octanol–water partition coefficient (Wildman–Crippen LogP) is 5.51. The highest BCUT2D eigenvalue weighted by molar-refractivity contribution is 5.73. The fraction of sp³-hybridized carbons (Fsp3) is 0.875. The largest absolute Gasteiger partial charge is 0.452 e. The molecular weight excluding hydrogens is 284 g/mol. The summed E-state index contributed by atoms with van der Waals surface area (Å²) in [6.07, 6.45) is 6.58. The second-order valence-electron chi connectivity index (χ2n) is 5.37. The molecule has 128 valence electrons. The molecule has 1 atom stereocenters. The zero-order valence-corrected chi connectivity index (χ0v) is 14.2. The molecule has 0 fully saturated rings. The number of carbonyl (C=O) groups is 2. The van der Waals surface area contributed by atoms with Crippen molar-refractivity contribution in [2.24, 2.45) is 16.1 Å². The van der Waals surface area contributed by atoms with Gasteiger partial charge in [0, 0.05) is 0 Å². The van der Waals surface area contributed by atoms with Crippen molar-refractivity contribution in [2.45, 2.75) is 72.1 Å². The fourth-order valence-corrected chi connectivity index (χ4v) is 1.91. The van der Waals surface area contributed by atoms with Crippen molar-refractivity contribution in [2.75, 3.05) is 13.2 Å². The molecule has 22 heavy (non-hydrogen) atoms. The molecule has 6 heteroatoms. The Morgan fingerprint density at radius 3 is 2.09 bits per heavy atom. The smallest absolute Gasteiger partial charge is 0.447 e. The number of hydrogen-bond donors (Lipinski definition) is 0. The molecule has 0 aliphatic rings. The van der Waals surface area contributed by atoms with Crippen molar-refractivity contribution in [1.29, 1.82) is 0 Å². The molecule has 0 aliphatic carbocycles. The van der Waals surface area contributed by atoms with E-state index >= 15 is 0 Å². The Bertz CT molecular complexity index is 332. The maximum atomic E-state index is 11.4. The quantitative estimate of drug-likeness (QED) is 0.372. The molecule has 0 N–H and O–H groups in total. The van der Waals surface area contributed by atoms with Crippen LogP contribution in [0.3, 0.4) is 0 Å². The topological polar surface area (TPSA) is 77.3 Å². The third kappa shape index (κ3) is 12.3. The van der Waals surface area contributed by atoms with Gasteiger partial charge in [0.2, 0.25) is 0 Å². The van der Waals surface area contributed by atoms with Gasteiger partial charge in [0.15, 0.2) is 0 Å². The molecule has 0 rings (SSSR count). The van der Waals surface area contributed by atoms with Gasteiger partial charge >= 0.3 is 12.2 Å². The summed E-state index contributed by atoms with van der Waals surface area (Å²) in [5.74, 6) is 0.338. The Labute approximate surface area is 133 Å². The number of amides is 2. The number of azo groups is 1. The van der Waals surface area contributed by atoms with Crippen molar-refractivity contribution in [1.82, 2.24) is 0 Å². The highest BCUT2D eigenvalue weighted by atomic mass is 16.6. The summed E-state index contributed by atoms with van der Waals surface area (Å²) in [5, 5.41) is 6.41. The number of carbonyl (C=O) groups excluding carboxylic acids is 2. The molecular formula is C16H30N2O4. The Balaban J connectivity index is 3.81. The third-order valence-electron chi connectivity index (χ3n) is 3.42. The third-order valence-corrected chi connectivity index (χ3v) is 3.42. The SMILES string of the molecule is CCCCCCOC(=O)N=NC(=O)OCC(CC)CCCC. The van der Waals surface area contributed by atoms with Crippen LogP contribution < -0.4 is 0 Å². The summed E-state index contributed by atoms with van der Waals surface area (Å²) >= 11 is 0. The van der Waals surface area contributed by atoms with Crippen molar-refractivity contribution < 1.29 is 19.1 Å². The monoisotopic (exact) mass is 314 g/mol. The van der Waals surface area contributed by atoms with E-state index in [2.05, 4.69) is 31.0 Å². The maximum absolute atomic E-state index is 11.4. The van der Waals surface area contributed by atoms with Gasteiger partial charge in [-0.2, -0.15) is 0 Å². The molecule has 0 heterocycles. The van der Waals surface area contributed by atoms with E-state index in [4.69, 9.17) is 9.47 Å². The Hall–Kier alpha value is -1.46. The number of rotatable bonds is 11. The molecule has 0 radical (unpaired) electrons. The van der Waals surface area contributed by atoms with Gasteiger partial charge in [0.25, 0.3) is 0 Å². The lowest BCUT2D eigenvalue weighted by Gasteiger charge is -2.12. The van der Waals surface area contributed by atoms with Crippen LogP contribution in [0.15, 0.2) is 10.2 Å². The van der Waals surface area contributed by atoms with Crippen LogP contribution in [-0.2, 0) is 9.47 Å². The van der Waals surface area contributed by atoms with Crippen LogP contribution in [0.25, 0.3) is 0 Å². The minimum absolute atomic E-state index is 0.307. The Morgan fingerprint density at radius 1 is 0.864 bits per heavy atom. The molecule has 0 saturated heterocycles. The summed E-state index contributed by atoms with van der Waals surface area (Å²) in [6.45, 7) is 6.92. The first-order chi connectivity index (χ1) is 10.6. The highest BCUT2D eigenvalue weighted by Crippen LogP contribution is 2.13. The number of nitrogens with zero attached hydrogens (tertiary/aromatic N) is 2. The lowest BCUT2D eigenvalue weighted by Crippen LogP contribution is -2.11. The molecule has 0 aliphatic heterocycles. The van der Waals surface area contributed by atoms with E-state index in [1.807, 2.05) is 0 Å². The molecule has 0 aromatic rings. The highest BCUT2D eigenvalue weighted by Gasteiger charge is 2.10. The summed E-state index contributed by atoms with van der Waals surface area (Å²) in [6, 6.07) is 0. The van der Waals surface area contributed by atoms with E-state index in [0.29, 0.717) is 19.1 Å². The first kappa shape index (κ1) is 20.5. The summed E-state index contributed by atoms with van der Waals surface area (Å²) < 4.78 is 9.82. The lowest BCUT2D eigenvalue weighted by molar-refractivity contribution is 0.128. The molecule has 1 unspecified atom stereocenters. The number of unbranched alkanes of at least 4 members (excludes halogenated alkanes) is 4. The van der Waals surface area contributed by atoms with Crippen molar-refractivity contribution in [3.8, 4) is 0 Å². The molecule has 6 nitrogen and oxygen atoms in total. The van der Waals surface area contributed by atoms with Gasteiger partial charge in [-0.25, -0.2) is 9.59 Å². The minimum atomic E-state index is -0.841. The molecule has 0 bridgehead atoms. The van der Waals surface area contributed by atoms with Gasteiger partial charge in [-0.05, 0) is 18.8 Å². The molecule has 2 amide bonds. The molecule has 0 aromatic heterocycles. The first-order valence-corrected chi connectivity index (χ1v) is 8.39. The van der Waals surface area contributed by atoms with E-state index in [9.17, 15) is 9.59 Å². The van der Waals surface area contributed by atoms with Crippen molar-refractivity contribution in [3.63, 3.8) is 0 Å². The predicted molar refractivity (Wildman–Crippen MR) is 85.0 cm³/mol. The van der Waals surface area contributed by atoms with Crippen LogP contribution in [0, 0.1) is 5.92 Å². The van der Waals surface area contributed by atoms with E-state index in [0.717, 1.165) is 51.4 Å². The van der Waals surface area contributed by atoms with E-state index in [-0.39, 0.29) is 0 Å². The van der Waals surface area contributed by atoms with Crippen LogP contribution in [0.4, 0.5) is 9.59 Å².